The highest BCUT2D eigenvalue weighted by atomic mass is 35.5. The van der Waals surface area contributed by atoms with Crippen molar-refractivity contribution in [1.82, 2.24) is 4.90 Å². The van der Waals surface area contributed by atoms with E-state index in [4.69, 9.17) is 22.1 Å². The van der Waals surface area contributed by atoms with Crippen molar-refractivity contribution in [3.63, 3.8) is 0 Å². The number of hydrogen-bond acceptors (Lipinski definition) is 6. The molecule has 0 aliphatic carbocycles. The maximum atomic E-state index is 16.4. The monoisotopic (exact) mass is 728 g/mol. The van der Waals surface area contributed by atoms with Crippen LogP contribution in [0.25, 0.3) is 0 Å². The number of carbonyl (C=O) groups is 3. The van der Waals surface area contributed by atoms with E-state index in [2.05, 4.69) is 5.32 Å². The highest BCUT2D eigenvalue weighted by Gasteiger charge is 2.67. The maximum absolute atomic E-state index is 16.4. The number of benzene rings is 4. The zero-order valence-corrected chi connectivity index (χ0v) is 30.6. The third-order valence-corrected chi connectivity index (χ3v) is 12.6. The van der Waals surface area contributed by atoms with Crippen LogP contribution in [0, 0.1) is 5.92 Å². The molecule has 2 aliphatic heterocycles. The molecule has 6 rings (SSSR count). The van der Waals surface area contributed by atoms with Gasteiger partial charge in [-0.15, -0.1) is 0 Å². The van der Waals surface area contributed by atoms with Crippen molar-refractivity contribution in [3.8, 4) is 0 Å². The first kappa shape index (κ1) is 36.2. The molecule has 0 radical (unpaired) electrons. The van der Waals surface area contributed by atoms with Gasteiger partial charge in [-0.2, -0.15) is 0 Å². The number of nitrogens with zero attached hydrogens (tertiary/aromatic N) is 2. The van der Waals surface area contributed by atoms with Gasteiger partial charge in [-0.05, 0) is 78.8 Å². The molecule has 1 fully saturated rings. The van der Waals surface area contributed by atoms with Gasteiger partial charge in [0.15, 0.2) is 5.60 Å². The summed E-state index contributed by atoms with van der Waals surface area (Å²) < 4.78 is 23.2. The zero-order valence-electron chi connectivity index (χ0n) is 28.8. The summed E-state index contributed by atoms with van der Waals surface area (Å²) in [7, 11) is -3.55. The average molecular weight is 729 g/mol. The fraction of sp³-hybridized carbons (Fsp3) is 0.308. The second-order valence-corrected chi connectivity index (χ2v) is 18.1. The SMILES string of the molecule is C[C@@H]1[C@@H]([Si](C)(C)F)[C@H](CC(=O)N(CCO)Cc2ccccc2)O[C@@]12C(=O)N(Cc1cccc(NC(=O)c3ccc(N)cc3)c1)c1ccc(Cl)cc12. The van der Waals surface area contributed by atoms with E-state index in [-0.39, 0.29) is 50.4 Å². The lowest BCUT2D eigenvalue weighted by Gasteiger charge is -2.31. The lowest BCUT2D eigenvalue weighted by Crippen LogP contribution is -2.45. The van der Waals surface area contributed by atoms with Crippen molar-refractivity contribution < 1.29 is 28.3 Å². The standard InChI is InChI=1S/C39H42ClFN4O5Si/c1-25-36(51(2,3)41)34(22-35(47)44(18-19-46)23-26-8-5-4-6-9-26)50-39(25)32-21-29(40)14-17-33(32)45(38(39)49)24-27-10-7-11-31(20-27)43-37(48)28-12-15-30(42)16-13-28/h4-17,20-21,25,34,36,46H,18-19,22-24,42H2,1-3H3,(H,43,48)/t25-,34+,36-,39+/m1/s1. The van der Waals surface area contributed by atoms with Crippen molar-refractivity contribution in [2.75, 3.05) is 29.1 Å². The molecule has 0 aromatic heterocycles. The van der Waals surface area contributed by atoms with E-state index in [0.29, 0.717) is 33.2 Å². The normalized spacial score (nSPS) is 21.2. The Labute approximate surface area is 303 Å². The van der Waals surface area contributed by atoms with E-state index < -0.39 is 31.6 Å². The minimum Gasteiger partial charge on any atom is -0.399 e. The van der Waals surface area contributed by atoms with Crippen LogP contribution < -0.4 is 16.0 Å². The van der Waals surface area contributed by atoms with E-state index in [1.807, 2.05) is 43.3 Å². The molecule has 9 nitrogen and oxygen atoms in total. The number of nitrogen functional groups attached to an aromatic ring is 1. The quantitative estimate of drug-likeness (QED) is 0.0877. The molecule has 4 N–H and O–H groups in total. The van der Waals surface area contributed by atoms with Gasteiger partial charge in [-0.25, -0.2) is 0 Å². The Morgan fingerprint density at radius 3 is 2.41 bits per heavy atom. The van der Waals surface area contributed by atoms with Crippen LogP contribution in [0.4, 0.5) is 21.2 Å². The van der Waals surface area contributed by atoms with Crippen LogP contribution in [0.3, 0.4) is 0 Å². The molecule has 51 heavy (non-hydrogen) atoms. The number of aliphatic hydroxyl groups excluding tert-OH is 1. The summed E-state index contributed by atoms with van der Waals surface area (Å²) in [5, 5.41) is 13.1. The van der Waals surface area contributed by atoms with Crippen molar-refractivity contribution in [2.45, 2.75) is 56.8 Å². The van der Waals surface area contributed by atoms with Gasteiger partial charge in [0.25, 0.3) is 11.8 Å². The molecule has 2 aliphatic rings. The Morgan fingerprint density at radius 2 is 1.73 bits per heavy atom. The number of nitrogens with two attached hydrogens (primary N) is 1. The molecule has 4 aromatic carbocycles. The minimum absolute atomic E-state index is 0.104. The molecule has 2 heterocycles. The Hall–Kier alpha value is -4.55. The van der Waals surface area contributed by atoms with Gasteiger partial charge in [0.05, 0.1) is 31.4 Å². The maximum Gasteiger partial charge on any atom is 0.264 e. The van der Waals surface area contributed by atoms with E-state index in [1.54, 1.807) is 83.6 Å². The summed E-state index contributed by atoms with van der Waals surface area (Å²) in [5.74, 6) is -1.58. The Kier molecular flexibility index (Phi) is 10.4. The number of aliphatic hydroxyl groups is 1. The molecule has 1 saturated heterocycles. The van der Waals surface area contributed by atoms with Gasteiger partial charge in [-0.1, -0.05) is 61.0 Å². The first-order valence-corrected chi connectivity index (χ1v) is 20.3. The minimum atomic E-state index is -3.55. The summed E-state index contributed by atoms with van der Waals surface area (Å²) >= 11 is 6.53. The number of carbonyl (C=O) groups excluding carboxylic acids is 3. The lowest BCUT2D eigenvalue weighted by molar-refractivity contribution is -0.150. The second kappa shape index (κ2) is 14.6. The number of nitrogens with one attached hydrogen (secondary N) is 1. The first-order valence-electron chi connectivity index (χ1n) is 17.0. The number of ether oxygens (including phenoxy) is 1. The van der Waals surface area contributed by atoms with Gasteiger partial charge >= 0.3 is 0 Å². The third kappa shape index (κ3) is 7.29. The van der Waals surface area contributed by atoms with Crippen molar-refractivity contribution in [1.29, 1.82) is 0 Å². The Balaban J connectivity index is 1.29. The molecule has 0 saturated carbocycles. The first-order chi connectivity index (χ1) is 24.3. The van der Waals surface area contributed by atoms with Crippen LogP contribution >= 0.6 is 11.6 Å². The fourth-order valence-electron chi connectivity index (χ4n) is 7.66. The number of rotatable bonds is 11. The zero-order chi connectivity index (χ0) is 36.5. The van der Waals surface area contributed by atoms with Crippen molar-refractivity contribution >= 4 is 54.8 Å². The number of amides is 3. The smallest absolute Gasteiger partial charge is 0.264 e. The van der Waals surface area contributed by atoms with Crippen molar-refractivity contribution in [2.24, 2.45) is 5.92 Å². The highest BCUT2D eigenvalue weighted by molar-refractivity contribution is 6.72. The summed E-state index contributed by atoms with van der Waals surface area (Å²) in [6, 6.07) is 28.4. The van der Waals surface area contributed by atoms with Crippen LogP contribution in [0.2, 0.25) is 23.7 Å². The van der Waals surface area contributed by atoms with E-state index in [1.165, 1.54) is 0 Å². The molecule has 0 bridgehead atoms. The lowest BCUT2D eigenvalue weighted by atomic mass is 9.82. The summed E-state index contributed by atoms with van der Waals surface area (Å²) in [6.45, 7) is 5.30. The molecular formula is C39H42ClFN4O5Si. The molecule has 4 aromatic rings. The van der Waals surface area contributed by atoms with E-state index >= 15 is 4.11 Å². The van der Waals surface area contributed by atoms with Gasteiger partial charge in [0.2, 0.25) is 14.3 Å². The van der Waals surface area contributed by atoms with Crippen LogP contribution in [0.15, 0.2) is 97.1 Å². The molecule has 4 atom stereocenters. The number of hydrogen-bond donors (Lipinski definition) is 3. The molecule has 3 amide bonds. The van der Waals surface area contributed by atoms with Crippen LogP contribution in [0.5, 0.6) is 0 Å². The number of halogens is 2. The van der Waals surface area contributed by atoms with Gasteiger partial charge in [0, 0.05) is 52.1 Å². The Morgan fingerprint density at radius 1 is 1.02 bits per heavy atom. The third-order valence-electron chi connectivity index (χ3n) is 9.94. The van der Waals surface area contributed by atoms with Gasteiger partial charge in [0.1, 0.15) is 0 Å². The predicted octanol–water partition coefficient (Wildman–Crippen LogP) is 6.91. The summed E-state index contributed by atoms with van der Waals surface area (Å²) in [5.41, 5.74) is 7.80. The predicted molar refractivity (Wildman–Crippen MR) is 200 cm³/mol. The van der Waals surface area contributed by atoms with Crippen LogP contribution in [-0.4, -0.2) is 55.4 Å². The summed E-state index contributed by atoms with van der Waals surface area (Å²) in [6.07, 6.45) is -1.04. The molecule has 266 valence electrons. The van der Waals surface area contributed by atoms with Gasteiger partial charge in [-0.3, -0.25) is 14.4 Å². The summed E-state index contributed by atoms with van der Waals surface area (Å²) in [4.78, 5) is 44.7. The average Bonchev–Trinajstić information content (AvgIpc) is 3.51. The number of anilines is 3. The Bertz CT molecular complexity index is 1930. The van der Waals surface area contributed by atoms with Crippen LogP contribution in [-0.2, 0) is 33.0 Å². The van der Waals surface area contributed by atoms with Crippen LogP contribution in [0.1, 0.15) is 40.4 Å². The molecule has 12 heteroatoms. The van der Waals surface area contributed by atoms with E-state index in [9.17, 15) is 19.5 Å². The van der Waals surface area contributed by atoms with Gasteiger partial charge < -0.3 is 34.8 Å². The molecule has 1 spiro atoms. The number of fused-ring (bicyclic) bond motifs is 2. The van der Waals surface area contributed by atoms with Crippen molar-refractivity contribution in [3.05, 3.63) is 124 Å². The largest absolute Gasteiger partial charge is 0.399 e. The highest BCUT2D eigenvalue weighted by Crippen LogP contribution is 2.60. The van der Waals surface area contributed by atoms with E-state index in [0.717, 1.165) is 11.1 Å². The molecule has 0 unspecified atom stereocenters. The topological polar surface area (TPSA) is 125 Å². The molecular weight excluding hydrogens is 687 g/mol. The fourth-order valence-corrected chi connectivity index (χ4v) is 10.3. The second-order valence-electron chi connectivity index (χ2n) is 13.8.